The molecule has 1 aromatic carbocycles. The normalized spacial score (nSPS) is 13.7. The van der Waals surface area contributed by atoms with Crippen molar-refractivity contribution in [1.82, 2.24) is 20.3 Å². The SMILES string of the molecule is Cc1ccc(-n2cc(C(=O)NC(C)C(C)CO)nn2)cc1. The van der Waals surface area contributed by atoms with Gasteiger partial charge in [-0.15, -0.1) is 5.10 Å². The molecule has 6 nitrogen and oxygen atoms in total. The van der Waals surface area contributed by atoms with E-state index < -0.39 is 0 Å². The fourth-order valence-electron chi connectivity index (χ4n) is 1.77. The number of rotatable bonds is 5. The average molecular weight is 288 g/mol. The summed E-state index contributed by atoms with van der Waals surface area (Å²) in [6.07, 6.45) is 1.59. The molecule has 21 heavy (non-hydrogen) atoms. The minimum atomic E-state index is -0.291. The van der Waals surface area contributed by atoms with E-state index >= 15 is 0 Å². The number of nitrogens with zero attached hydrogens (tertiary/aromatic N) is 3. The third-order valence-electron chi connectivity index (χ3n) is 3.52. The van der Waals surface area contributed by atoms with Gasteiger partial charge in [-0.2, -0.15) is 0 Å². The molecule has 0 aliphatic carbocycles. The van der Waals surface area contributed by atoms with Crippen molar-refractivity contribution in [3.8, 4) is 5.69 Å². The van der Waals surface area contributed by atoms with E-state index in [0.717, 1.165) is 11.3 Å². The van der Waals surface area contributed by atoms with Crippen LogP contribution < -0.4 is 5.32 Å². The highest BCUT2D eigenvalue weighted by molar-refractivity contribution is 5.92. The molecule has 0 aliphatic rings. The van der Waals surface area contributed by atoms with Crippen LogP contribution in [0.4, 0.5) is 0 Å². The van der Waals surface area contributed by atoms with E-state index in [-0.39, 0.29) is 30.2 Å². The molecule has 0 saturated heterocycles. The molecule has 2 rings (SSSR count). The van der Waals surface area contributed by atoms with Crippen LogP contribution in [0.1, 0.15) is 29.9 Å². The van der Waals surface area contributed by atoms with E-state index in [4.69, 9.17) is 5.11 Å². The van der Waals surface area contributed by atoms with Crippen LogP contribution in [0.25, 0.3) is 5.69 Å². The van der Waals surface area contributed by atoms with Gasteiger partial charge in [-0.25, -0.2) is 4.68 Å². The number of aromatic nitrogens is 3. The zero-order valence-electron chi connectivity index (χ0n) is 12.4. The van der Waals surface area contributed by atoms with Crippen LogP contribution in [-0.2, 0) is 0 Å². The van der Waals surface area contributed by atoms with Gasteiger partial charge in [0.25, 0.3) is 5.91 Å². The molecule has 1 amide bonds. The van der Waals surface area contributed by atoms with Crippen LogP contribution in [0.2, 0.25) is 0 Å². The molecule has 112 valence electrons. The summed E-state index contributed by atoms with van der Waals surface area (Å²) in [5, 5.41) is 19.7. The molecule has 2 N–H and O–H groups in total. The molecule has 2 unspecified atom stereocenters. The van der Waals surface area contributed by atoms with Crippen molar-refractivity contribution < 1.29 is 9.90 Å². The molecular weight excluding hydrogens is 268 g/mol. The molecule has 0 fully saturated rings. The van der Waals surface area contributed by atoms with E-state index in [1.807, 2.05) is 45.0 Å². The lowest BCUT2D eigenvalue weighted by Gasteiger charge is -2.18. The Bertz CT molecular complexity index is 606. The molecule has 0 spiro atoms. The molecular formula is C15H20N4O2. The summed E-state index contributed by atoms with van der Waals surface area (Å²) in [6, 6.07) is 7.65. The summed E-state index contributed by atoms with van der Waals surface area (Å²) in [6.45, 7) is 5.75. The van der Waals surface area contributed by atoms with Crippen LogP contribution in [0, 0.1) is 12.8 Å². The second kappa shape index (κ2) is 6.49. The Balaban J connectivity index is 2.09. The van der Waals surface area contributed by atoms with Gasteiger partial charge in [-0.3, -0.25) is 4.79 Å². The molecule has 0 bridgehead atoms. The zero-order chi connectivity index (χ0) is 15.4. The van der Waals surface area contributed by atoms with Crippen molar-refractivity contribution in [3.63, 3.8) is 0 Å². The van der Waals surface area contributed by atoms with Gasteiger partial charge in [-0.05, 0) is 31.9 Å². The highest BCUT2D eigenvalue weighted by Crippen LogP contribution is 2.09. The number of nitrogens with one attached hydrogen (secondary N) is 1. The molecule has 1 heterocycles. The molecule has 1 aromatic heterocycles. The van der Waals surface area contributed by atoms with Crippen LogP contribution in [0.15, 0.2) is 30.5 Å². The summed E-state index contributed by atoms with van der Waals surface area (Å²) >= 11 is 0. The average Bonchev–Trinajstić information content (AvgIpc) is 2.97. The molecule has 0 radical (unpaired) electrons. The van der Waals surface area contributed by atoms with E-state index in [1.54, 1.807) is 10.9 Å². The Labute approximate surface area is 123 Å². The topological polar surface area (TPSA) is 80.0 Å². The summed E-state index contributed by atoms with van der Waals surface area (Å²) in [4.78, 5) is 12.1. The van der Waals surface area contributed by atoms with E-state index in [2.05, 4.69) is 15.6 Å². The Morgan fingerprint density at radius 1 is 1.33 bits per heavy atom. The number of hydrogen-bond donors (Lipinski definition) is 2. The second-order valence-corrected chi connectivity index (χ2v) is 5.31. The fraction of sp³-hybridized carbons (Fsp3) is 0.400. The number of amides is 1. The van der Waals surface area contributed by atoms with Crippen LogP contribution in [0.5, 0.6) is 0 Å². The van der Waals surface area contributed by atoms with E-state index in [9.17, 15) is 4.79 Å². The summed E-state index contributed by atoms with van der Waals surface area (Å²) < 4.78 is 1.56. The van der Waals surface area contributed by atoms with Crippen LogP contribution in [-0.4, -0.2) is 38.7 Å². The second-order valence-electron chi connectivity index (χ2n) is 5.31. The first-order valence-corrected chi connectivity index (χ1v) is 6.92. The van der Waals surface area contributed by atoms with Gasteiger partial charge in [0.15, 0.2) is 5.69 Å². The van der Waals surface area contributed by atoms with Crippen molar-refractivity contribution in [3.05, 3.63) is 41.7 Å². The first-order chi connectivity index (χ1) is 10.0. The number of carbonyl (C=O) groups excluding carboxylic acids is 1. The lowest BCUT2D eigenvalue weighted by molar-refractivity contribution is 0.0911. The lowest BCUT2D eigenvalue weighted by Crippen LogP contribution is -2.38. The van der Waals surface area contributed by atoms with Gasteiger partial charge < -0.3 is 10.4 Å². The number of hydrogen-bond acceptors (Lipinski definition) is 4. The van der Waals surface area contributed by atoms with Gasteiger partial charge in [0.1, 0.15) is 0 Å². The summed E-state index contributed by atoms with van der Waals surface area (Å²) in [5.74, 6) is -0.303. The lowest BCUT2D eigenvalue weighted by atomic mass is 10.1. The zero-order valence-corrected chi connectivity index (χ0v) is 12.4. The standard InChI is InChI=1S/C15H20N4O2/c1-10-4-6-13(7-5-10)19-8-14(17-18-19)15(21)16-12(3)11(2)9-20/h4-8,11-12,20H,9H2,1-3H3,(H,16,21). The predicted molar refractivity (Wildman–Crippen MR) is 79.3 cm³/mol. The molecule has 0 aliphatic heterocycles. The third-order valence-corrected chi connectivity index (χ3v) is 3.52. The summed E-state index contributed by atoms with van der Waals surface area (Å²) in [7, 11) is 0. The van der Waals surface area contributed by atoms with Gasteiger partial charge in [0.2, 0.25) is 0 Å². The van der Waals surface area contributed by atoms with Crippen molar-refractivity contribution in [1.29, 1.82) is 0 Å². The number of carbonyl (C=O) groups is 1. The monoisotopic (exact) mass is 288 g/mol. The largest absolute Gasteiger partial charge is 0.396 e. The van der Waals surface area contributed by atoms with Crippen molar-refractivity contribution in [2.24, 2.45) is 5.92 Å². The molecule has 6 heteroatoms. The Morgan fingerprint density at radius 2 is 2.00 bits per heavy atom. The highest BCUT2D eigenvalue weighted by Gasteiger charge is 2.17. The number of aliphatic hydroxyl groups is 1. The molecule has 2 aromatic rings. The predicted octanol–water partition coefficient (Wildman–Crippen LogP) is 1.32. The Kier molecular flexibility index (Phi) is 4.70. The maximum atomic E-state index is 12.1. The minimum absolute atomic E-state index is 0.0129. The van der Waals surface area contributed by atoms with Crippen molar-refractivity contribution in [2.75, 3.05) is 6.61 Å². The summed E-state index contributed by atoms with van der Waals surface area (Å²) in [5.41, 5.74) is 2.26. The minimum Gasteiger partial charge on any atom is -0.396 e. The van der Waals surface area contributed by atoms with Gasteiger partial charge in [-0.1, -0.05) is 29.8 Å². The van der Waals surface area contributed by atoms with Gasteiger partial charge in [0.05, 0.1) is 11.9 Å². The highest BCUT2D eigenvalue weighted by atomic mass is 16.3. The maximum absolute atomic E-state index is 12.1. The Morgan fingerprint density at radius 3 is 2.62 bits per heavy atom. The van der Waals surface area contributed by atoms with Gasteiger partial charge >= 0.3 is 0 Å². The smallest absolute Gasteiger partial charge is 0.273 e. The van der Waals surface area contributed by atoms with Crippen LogP contribution >= 0.6 is 0 Å². The number of benzene rings is 1. The third kappa shape index (κ3) is 3.66. The fourth-order valence-corrected chi connectivity index (χ4v) is 1.77. The first-order valence-electron chi connectivity index (χ1n) is 6.92. The number of aliphatic hydroxyl groups excluding tert-OH is 1. The first kappa shape index (κ1) is 15.2. The number of aryl methyl sites for hydroxylation is 1. The van der Waals surface area contributed by atoms with Crippen LogP contribution in [0.3, 0.4) is 0 Å². The van der Waals surface area contributed by atoms with E-state index in [1.165, 1.54) is 0 Å². The quantitative estimate of drug-likeness (QED) is 0.869. The van der Waals surface area contributed by atoms with Gasteiger partial charge in [0, 0.05) is 12.6 Å². The molecule has 2 atom stereocenters. The maximum Gasteiger partial charge on any atom is 0.273 e. The van der Waals surface area contributed by atoms with Crippen molar-refractivity contribution in [2.45, 2.75) is 26.8 Å². The van der Waals surface area contributed by atoms with Crippen molar-refractivity contribution >= 4 is 5.91 Å². The van der Waals surface area contributed by atoms with E-state index in [0.29, 0.717) is 0 Å². The Hall–Kier alpha value is -2.21. The molecule has 0 saturated carbocycles.